The van der Waals surface area contributed by atoms with E-state index in [1.54, 1.807) is 0 Å². The zero-order valence-electron chi connectivity index (χ0n) is 14.6. The quantitative estimate of drug-likeness (QED) is 0.826. The van der Waals surface area contributed by atoms with Gasteiger partial charge < -0.3 is 15.4 Å². The molecule has 2 N–H and O–H groups in total. The van der Waals surface area contributed by atoms with Crippen molar-refractivity contribution >= 4 is 30.7 Å². The fourth-order valence-corrected chi connectivity index (χ4v) is 3.43. The van der Waals surface area contributed by atoms with Crippen molar-refractivity contribution in [2.24, 2.45) is 0 Å². The van der Waals surface area contributed by atoms with Gasteiger partial charge in [0.25, 0.3) is 5.91 Å². The highest BCUT2D eigenvalue weighted by atomic mass is 35.5. The van der Waals surface area contributed by atoms with E-state index < -0.39 is 0 Å². The molecule has 2 aliphatic heterocycles. The van der Waals surface area contributed by atoms with Crippen molar-refractivity contribution < 1.29 is 9.53 Å². The predicted molar refractivity (Wildman–Crippen MR) is 105 cm³/mol. The number of nitrogens with zero attached hydrogens (tertiary/aromatic N) is 1. The summed E-state index contributed by atoms with van der Waals surface area (Å²) in [6.07, 6.45) is 1.67. The molecule has 7 heteroatoms. The maximum absolute atomic E-state index is 12.3. The van der Waals surface area contributed by atoms with Crippen LogP contribution in [0, 0.1) is 0 Å². The maximum Gasteiger partial charge on any atom is 0.250 e. The molecule has 142 valence electrons. The summed E-state index contributed by atoms with van der Waals surface area (Å²) in [7, 11) is 0. The molecule has 0 bridgehead atoms. The highest BCUT2D eigenvalue weighted by Crippen LogP contribution is 2.20. The van der Waals surface area contributed by atoms with Gasteiger partial charge in [-0.15, -0.1) is 24.8 Å². The molecule has 5 nitrogen and oxygen atoms in total. The molecule has 0 spiro atoms. The molecule has 0 aromatic heterocycles. The van der Waals surface area contributed by atoms with Gasteiger partial charge >= 0.3 is 0 Å². The van der Waals surface area contributed by atoms with Gasteiger partial charge in [-0.1, -0.05) is 30.3 Å². The van der Waals surface area contributed by atoms with Gasteiger partial charge in [-0.25, -0.2) is 0 Å². The summed E-state index contributed by atoms with van der Waals surface area (Å²) in [6.45, 7) is 6.32. The second kappa shape index (κ2) is 11.0. The first-order chi connectivity index (χ1) is 11.2. The third kappa shape index (κ3) is 6.42. The van der Waals surface area contributed by atoms with Crippen LogP contribution in [0.25, 0.3) is 0 Å². The first-order valence-electron chi connectivity index (χ1n) is 8.63. The van der Waals surface area contributed by atoms with Crippen LogP contribution in [0.3, 0.4) is 0 Å². The third-order valence-electron chi connectivity index (χ3n) is 4.81. The van der Waals surface area contributed by atoms with Crippen LogP contribution in [-0.4, -0.2) is 55.2 Å². The van der Waals surface area contributed by atoms with Gasteiger partial charge in [-0.3, -0.25) is 9.69 Å². The minimum Gasteiger partial charge on any atom is -0.366 e. The normalized spacial score (nSPS) is 26.8. The molecule has 2 heterocycles. The monoisotopic (exact) mass is 389 g/mol. The Hall–Kier alpha value is -0.850. The largest absolute Gasteiger partial charge is 0.366 e. The van der Waals surface area contributed by atoms with Gasteiger partial charge in [-0.2, -0.15) is 0 Å². The van der Waals surface area contributed by atoms with E-state index >= 15 is 0 Å². The number of carbonyl (C=O) groups excluding carboxylic acids is 1. The van der Waals surface area contributed by atoms with E-state index in [2.05, 4.69) is 52.8 Å². The SMILES string of the molecule is CC1CC(NC(=O)C2CNCCO2)CCN1Cc1ccccc1.Cl.Cl. The predicted octanol–water partition coefficient (Wildman–Crippen LogP) is 1.99. The van der Waals surface area contributed by atoms with Crippen molar-refractivity contribution in [2.45, 2.75) is 44.5 Å². The molecule has 1 aromatic carbocycles. The third-order valence-corrected chi connectivity index (χ3v) is 4.81. The Balaban J connectivity index is 0.00000156. The molecule has 1 aromatic rings. The number of likely N-dealkylation sites (tertiary alicyclic amines) is 1. The second-order valence-electron chi connectivity index (χ2n) is 6.60. The van der Waals surface area contributed by atoms with Crippen LogP contribution >= 0.6 is 24.8 Å². The fourth-order valence-electron chi connectivity index (χ4n) is 3.43. The van der Waals surface area contributed by atoms with Crippen LogP contribution in [-0.2, 0) is 16.1 Å². The van der Waals surface area contributed by atoms with Crippen molar-refractivity contribution in [2.75, 3.05) is 26.2 Å². The van der Waals surface area contributed by atoms with Gasteiger partial charge in [0.15, 0.2) is 0 Å². The van der Waals surface area contributed by atoms with Crippen molar-refractivity contribution in [1.29, 1.82) is 0 Å². The Bertz CT molecular complexity index is 512. The Morgan fingerprint density at radius 1 is 1.32 bits per heavy atom. The van der Waals surface area contributed by atoms with Crippen LogP contribution < -0.4 is 10.6 Å². The van der Waals surface area contributed by atoms with E-state index in [9.17, 15) is 4.79 Å². The van der Waals surface area contributed by atoms with Crippen molar-refractivity contribution in [3.05, 3.63) is 35.9 Å². The van der Waals surface area contributed by atoms with Gasteiger partial charge in [-0.05, 0) is 25.3 Å². The van der Waals surface area contributed by atoms with Crippen molar-refractivity contribution in [3.8, 4) is 0 Å². The molecule has 2 saturated heterocycles. The number of nitrogens with one attached hydrogen (secondary N) is 2. The Kier molecular flexibility index (Phi) is 9.75. The first-order valence-corrected chi connectivity index (χ1v) is 8.63. The van der Waals surface area contributed by atoms with Crippen molar-refractivity contribution in [1.82, 2.24) is 15.5 Å². The lowest BCUT2D eigenvalue weighted by molar-refractivity contribution is -0.135. The molecule has 1 amide bonds. The summed E-state index contributed by atoms with van der Waals surface area (Å²) in [6, 6.07) is 11.3. The number of piperidine rings is 1. The first kappa shape index (κ1) is 22.2. The van der Waals surface area contributed by atoms with E-state index in [-0.39, 0.29) is 42.9 Å². The number of hydrogen-bond donors (Lipinski definition) is 2. The lowest BCUT2D eigenvalue weighted by Crippen LogP contribution is -2.53. The van der Waals surface area contributed by atoms with E-state index in [1.165, 1.54) is 5.56 Å². The van der Waals surface area contributed by atoms with E-state index in [0.717, 1.165) is 32.5 Å². The van der Waals surface area contributed by atoms with Crippen LogP contribution in [0.5, 0.6) is 0 Å². The van der Waals surface area contributed by atoms with Gasteiger partial charge in [0.2, 0.25) is 0 Å². The Morgan fingerprint density at radius 3 is 2.72 bits per heavy atom. The number of hydrogen-bond acceptors (Lipinski definition) is 4. The minimum atomic E-state index is -0.332. The zero-order valence-corrected chi connectivity index (χ0v) is 16.3. The molecule has 0 aliphatic carbocycles. The molecule has 25 heavy (non-hydrogen) atoms. The summed E-state index contributed by atoms with van der Waals surface area (Å²) >= 11 is 0. The highest BCUT2D eigenvalue weighted by molar-refractivity contribution is 5.85. The Labute approximate surface area is 162 Å². The summed E-state index contributed by atoms with van der Waals surface area (Å²) in [4.78, 5) is 14.8. The minimum absolute atomic E-state index is 0. The molecular formula is C18H29Cl2N3O2. The van der Waals surface area contributed by atoms with Crippen molar-refractivity contribution in [3.63, 3.8) is 0 Å². The van der Waals surface area contributed by atoms with Crippen LogP contribution in [0.15, 0.2) is 30.3 Å². The summed E-state index contributed by atoms with van der Waals surface area (Å²) in [5, 5.41) is 6.37. The zero-order chi connectivity index (χ0) is 16.1. The number of ether oxygens (including phenoxy) is 1. The molecule has 3 atom stereocenters. The lowest BCUT2D eigenvalue weighted by Gasteiger charge is -2.38. The lowest BCUT2D eigenvalue weighted by atomic mass is 9.97. The Morgan fingerprint density at radius 2 is 2.08 bits per heavy atom. The van der Waals surface area contributed by atoms with Gasteiger partial charge in [0.1, 0.15) is 6.10 Å². The average molecular weight is 390 g/mol. The maximum atomic E-state index is 12.3. The molecule has 3 unspecified atom stereocenters. The molecule has 0 radical (unpaired) electrons. The van der Waals surface area contributed by atoms with Gasteiger partial charge in [0.05, 0.1) is 6.61 Å². The van der Waals surface area contributed by atoms with Crippen LogP contribution in [0.1, 0.15) is 25.3 Å². The number of halogens is 2. The van der Waals surface area contributed by atoms with E-state index in [1.807, 2.05) is 0 Å². The summed E-state index contributed by atoms with van der Waals surface area (Å²) in [5.74, 6) is 0.0332. The standard InChI is InChI=1S/C18H27N3O2.2ClH/c1-14-11-16(20-18(22)17-12-19-8-10-23-17)7-9-21(14)13-15-5-3-2-4-6-15;;/h2-6,14,16-17,19H,7-13H2,1H3,(H,20,22);2*1H. The topological polar surface area (TPSA) is 53.6 Å². The smallest absolute Gasteiger partial charge is 0.250 e. The molecule has 2 fully saturated rings. The van der Waals surface area contributed by atoms with Crippen LogP contribution in [0.4, 0.5) is 0 Å². The van der Waals surface area contributed by atoms with Crippen LogP contribution in [0.2, 0.25) is 0 Å². The molecular weight excluding hydrogens is 361 g/mol. The number of carbonyl (C=O) groups is 1. The fraction of sp³-hybridized carbons (Fsp3) is 0.611. The summed E-state index contributed by atoms with van der Waals surface area (Å²) in [5.41, 5.74) is 1.35. The summed E-state index contributed by atoms with van der Waals surface area (Å²) < 4.78 is 5.52. The average Bonchev–Trinajstić information content (AvgIpc) is 2.59. The van der Waals surface area contributed by atoms with Gasteiger partial charge in [0, 0.05) is 38.3 Å². The molecule has 3 rings (SSSR count). The number of rotatable bonds is 4. The van der Waals surface area contributed by atoms with E-state index in [0.29, 0.717) is 19.2 Å². The molecule has 0 saturated carbocycles. The second-order valence-corrected chi connectivity index (χ2v) is 6.60. The number of morpholine rings is 1. The van der Waals surface area contributed by atoms with E-state index in [4.69, 9.17) is 4.74 Å². The number of benzene rings is 1. The highest BCUT2D eigenvalue weighted by Gasteiger charge is 2.29. The number of amides is 1. The molecule has 2 aliphatic rings.